The number of para-hydroxylation sites is 2. The summed E-state index contributed by atoms with van der Waals surface area (Å²) in [7, 11) is 0. The lowest BCUT2D eigenvalue weighted by Crippen LogP contribution is -2.10. The van der Waals surface area contributed by atoms with Crippen molar-refractivity contribution in [2.75, 3.05) is 14.7 Å². The average Bonchev–Trinajstić information content (AvgIpc) is 1.67. The number of hydrogen-bond acceptors (Lipinski definition) is 5. The summed E-state index contributed by atoms with van der Waals surface area (Å²) in [6, 6.07) is 188. The first-order chi connectivity index (χ1) is 66.6. The molecule has 4 nitrogen and oxygen atoms in total. The lowest BCUT2D eigenvalue weighted by molar-refractivity contribution is 0.590. The third-order valence-electron chi connectivity index (χ3n) is 25.9. The first-order valence-corrected chi connectivity index (χ1v) is 47.1. The summed E-state index contributed by atoms with van der Waals surface area (Å²) in [6.45, 7) is 6.77. The van der Waals surface area contributed by atoms with Crippen molar-refractivity contribution in [1.82, 2.24) is 0 Å². The smallest absolute Gasteiger partial charge is 0.159 e. The predicted molar refractivity (Wildman–Crippen MR) is 578 cm³/mol. The topological polar surface area (TPSA) is 22.9 Å². The third kappa shape index (κ3) is 17.2. The minimum Gasteiger partial charge on any atom is -0.454 e. The molecule has 24 aromatic rings. The van der Waals surface area contributed by atoms with Gasteiger partial charge in [-0.15, -0.1) is 11.3 Å². The van der Waals surface area contributed by atoms with E-state index in [4.69, 9.17) is 4.42 Å². The van der Waals surface area contributed by atoms with E-state index in [2.05, 4.69) is 545 Å². The van der Waals surface area contributed by atoms with E-state index in [-0.39, 0.29) is 5.41 Å². The molecule has 642 valence electrons. The molecule has 5 heteroatoms. The SMILES string of the molecule is CC(C)(C)c1ccc(-c2ccc(N(c3ccc(-c4ccccc4)cc3)c3cc(-c4ccccc4)c4ccccc4c3)cc2)cc1.c1ccc(-c2ccc(N(c3cc(-c4ccccc4)c4ccccc4c3)c3cccc4c3oc3ccccc34)cc2)cc1.c1ccc(-c2ccc(N(c3cccc(-c4cc(-c5ccccc5)c5ccccc5c4)c3)c3cccc4c3sc3ccccc34)cc2)cc1. The highest BCUT2D eigenvalue weighted by atomic mass is 32.1. The molecule has 0 unspecified atom stereocenters. The zero-order valence-electron chi connectivity index (χ0n) is 75.3. The summed E-state index contributed by atoms with van der Waals surface area (Å²) in [5, 5.41) is 12.2. The minimum atomic E-state index is 0.136. The monoisotopic (exact) mass is 1750 g/mol. The maximum atomic E-state index is 6.56. The molecule has 0 aliphatic heterocycles. The van der Waals surface area contributed by atoms with Crippen LogP contribution >= 0.6 is 11.3 Å². The van der Waals surface area contributed by atoms with Gasteiger partial charge in [0.05, 0.1) is 16.1 Å². The van der Waals surface area contributed by atoms with E-state index in [0.29, 0.717) is 0 Å². The first-order valence-electron chi connectivity index (χ1n) is 46.3. The molecule has 0 radical (unpaired) electrons. The van der Waals surface area contributed by atoms with Crippen molar-refractivity contribution < 1.29 is 4.42 Å². The van der Waals surface area contributed by atoms with Gasteiger partial charge in [-0.2, -0.15) is 0 Å². The van der Waals surface area contributed by atoms with Gasteiger partial charge < -0.3 is 19.1 Å². The summed E-state index contributed by atoms with van der Waals surface area (Å²) in [4.78, 5) is 7.13. The zero-order chi connectivity index (χ0) is 90.6. The van der Waals surface area contributed by atoms with Crippen LogP contribution in [0.1, 0.15) is 26.3 Å². The Morgan fingerprint density at radius 3 is 0.978 bits per heavy atom. The van der Waals surface area contributed by atoms with E-state index in [1.54, 1.807) is 0 Å². The molecule has 0 spiro atoms. The molecule has 0 fully saturated rings. The summed E-state index contributed by atoms with van der Waals surface area (Å²) in [5.74, 6) is 0. The Hall–Kier alpha value is -17.0. The van der Waals surface area contributed by atoms with Crippen molar-refractivity contribution in [2.24, 2.45) is 0 Å². The van der Waals surface area contributed by atoms with Crippen LogP contribution in [0.15, 0.2) is 526 Å². The van der Waals surface area contributed by atoms with Gasteiger partial charge in [-0.1, -0.05) is 421 Å². The molecule has 0 aliphatic rings. The van der Waals surface area contributed by atoms with E-state index in [1.165, 1.54) is 153 Å². The number of fused-ring (bicyclic) bond motifs is 9. The molecular formula is C130H95N3OS. The molecule has 135 heavy (non-hydrogen) atoms. The Bertz CT molecular complexity index is 8330. The zero-order valence-corrected chi connectivity index (χ0v) is 76.1. The number of anilines is 9. The number of rotatable bonds is 17. The molecule has 0 atom stereocenters. The second-order valence-corrected chi connectivity index (χ2v) is 36.5. The normalized spacial score (nSPS) is 11.4. The molecule has 0 saturated heterocycles. The highest BCUT2D eigenvalue weighted by Gasteiger charge is 2.25. The molecule has 2 heterocycles. The molecule has 2 aromatic heterocycles. The van der Waals surface area contributed by atoms with Crippen molar-refractivity contribution >= 4 is 137 Å². The Morgan fingerprint density at radius 1 is 0.193 bits per heavy atom. The Morgan fingerprint density at radius 2 is 0.519 bits per heavy atom. The van der Waals surface area contributed by atoms with E-state index in [0.717, 1.165) is 67.4 Å². The van der Waals surface area contributed by atoms with Crippen LogP contribution in [0.3, 0.4) is 0 Å². The number of thiophene rings is 1. The van der Waals surface area contributed by atoms with Gasteiger partial charge >= 0.3 is 0 Å². The summed E-state index contributed by atoms with van der Waals surface area (Å²) in [5.41, 5.74) is 32.6. The number of nitrogens with zero attached hydrogens (tertiary/aromatic N) is 3. The van der Waals surface area contributed by atoms with Gasteiger partial charge in [-0.25, -0.2) is 0 Å². The Balaban J connectivity index is 0.000000118. The van der Waals surface area contributed by atoms with Crippen LogP contribution in [0.5, 0.6) is 0 Å². The highest BCUT2D eigenvalue weighted by molar-refractivity contribution is 7.26. The molecule has 0 bridgehead atoms. The van der Waals surface area contributed by atoms with Gasteiger partial charge in [0.2, 0.25) is 0 Å². The van der Waals surface area contributed by atoms with Crippen LogP contribution in [0.25, 0.3) is 163 Å². The van der Waals surface area contributed by atoms with E-state index in [9.17, 15) is 0 Å². The largest absolute Gasteiger partial charge is 0.454 e. The Labute approximate surface area is 792 Å². The number of furan rings is 1. The fourth-order valence-corrected chi connectivity index (χ4v) is 20.3. The van der Waals surface area contributed by atoms with Gasteiger partial charge in [-0.3, -0.25) is 0 Å². The molecular weight excluding hydrogens is 1650 g/mol. The van der Waals surface area contributed by atoms with Gasteiger partial charge in [-0.05, 0) is 254 Å². The Kier molecular flexibility index (Phi) is 23.0. The minimum absolute atomic E-state index is 0.136. The van der Waals surface area contributed by atoms with Crippen molar-refractivity contribution in [3.63, 3.8) is 0 Å². The first kappa shape index (κ1) is 83.6. The molecule has 0 amide bonds. The van der Waals surface area contributed by atoms with Crippen LogP contribution in [0.2, 0.25) is 0 Å². The summed E-state index contributed by atoms with van der Waals surface area (Å²) < 4.78 is 9.15. The third-order valence-corrected chi connectivity index (χ3v) is 27.1. The van der Waals surface area contributed by atoms with Gasteiger partial charge in [0, 0.05) is 66.1 Å². The van der Waals surface area contributed by atoms with Crippen molar-refractivity contribution in [3.8, 4) is 89.0 Å². The summed E-state index contributed by atoms with van der Waals surface area (Å²) >= 11 is 1.87. The van der Waals surface area contributed by atoms with Gasteiger partial charge in [0.15, 0.2) is 5.58 Å². The standard InChI is InChI=1S/C46H31NS.C44H37N.C40H27NO/c1-3-13-32(14-4-1)33-25-27-38(28-26-33)47(44-23-12-22-42-41-21-9-10-24-45(41)48-46(42)44)39-19-11-18-35(30-39)37-29-36-17-7-8-20-40(36)43(31-37)34-15-5-2-6-16-34;1-44(2,3)38-24-18-33(19-25-38)35-22-28-40(29-23-35)45(39-26-20-34(21-27-39)32-12-6-4-7-13-32)41-30-37-16-10-11-17-42(37)43(31-41)36-14-8-5-9-15-36;1-3-12-28(13-4-1)29-22-24-32(25-23-29)41(38-20-11-19-36-35-18-9-10-21-39(35)42-40(36)38)33-26-31-16-7-8-17-34(31)37(27-33)30-14-5-2-6-15-30/h1-31H;4-31H,1-3H3;1-27H. The van der Waals surface area contributed by atoms with Crippen LogP contribution in [-0.4, -0.2) is 0 Å². The van der Waals surface area contributed by atoms with Crippen LogP contribution in [0.4, 0.5) is 51.2 Å². The maximum Gasteiger partial charge on any atom is 0.159 e. The fraction of sp³-hybridized carbons (Fsp3) is 0.0308. The lowest BCUT2D eigenvalue weighted by atomic mass is 9.86. The average molecular weight is 1750 g/mol. The maximum absolute atomic E-state index is 6.56. The molecule has 0 aliphatic carbocycles. The predicted octanol–water partition coefficient (Wildman–Crippen LogP) is 37.8. The molecule has 24 rings (SSSR count). The van der Waals surface area contributed by atoms with Crippen molar-refractivity contribution in [1.29, 1.82) is 0 Å². The van der Waals surface area contributed by atoms with Crippen LogP contribution in [0, 0.1) is 0 Å². The van der Waals surface area contributed by atoms with E-state index in [1.807, 2.05) is 23.5 Å². The van der Waals surface area contributed by atoms with E-state index >= 15 is 0 Å². The fourth-order valence-electron chi connectivity index (χ4n) is 19.1. The highest BCUT2D eigenvalue weighted by Crippen LogP contribution is 2.50. The quantitative estimate of drug-likeness (QED) is 0.0906. The van der Waals surface area contributed by atoms with Crippen molar-refractivity contribution in [2.45, 2.75) is 26.2 Å². The summed E-state index contributed by atoms with van der Waals surface area (Å²) in [6.07, 6.45) is 0. The molecule has 0 N–H and O–H groups in total. The number of hydrogen-bond donors (Lipinski definition) is 0. The van der Waals surface area contributed by atoms with Crippen LogP contribution in [-0.2, 0) is 5.41 Å². The van der Waals surface area contributed by atoms with E-state index < -0.39 is 0 Å². The molecule has 0 saturated carbocycles. The van der Waals surface area contributed by atoms with Gasteiger partial charge in [0.1, 0.15) is 5.58 Å². The molecule has 22 aromatic carbocycles. The van der Waals surface area contributed by atoms with Crippen molar-refractivity contribution in [3.05, 3.63) is 527 Å². The lowest BCUT2D eigenvalue weighted by Gasteiger charge is -2.27. The number of benzene rings is 22. The second kappa shape index (κ2) is 37.1. The second-order valence-electron chi connectivity index (χ2n) is 35.4. The van der Waals surface area contributed by atoms with Gasteiger partial charge in [0.25, 0.3) is 0 Å². The van der Waals surface area contributed by atoms with Crippen LogP contribution < -0.4 is 14.7 Å².